The molecular formula is C22H29BrN2O3. The first-order chi connectivity index (χ1) is 13.7. The average molecular weight is 449 g/mol. The van der Waals surface area contributed by atoms with Gasteiger partial charge in [-0.1, -0.05) is 22.0 Å². The molecule has 0 amide bonds. The van der Waals surface area contributed by atoms with Crippen LogP contribution in [0.3, 0.4) is 0 Å². The number of rotatable bonds is 7. The number of hydrogen-bond donors (Lipinski definition) is 1. The number of nitrogens with zero attached hydrogens (tertiary/aromatic N) is 1. The molecule has 1 unspecified atom stereocenters. The fourth-order valence-electron chi connectivity index (χ4n) is 3.75. The molecule has 6 heteroatoms. The molecule has 1 saturated heterocycles. The molecule has 1 atom stereocenters. The highest BCUT2D eigenvalue weighted by atomic mass is 79.9. The maximum Gasteiger partial charge on any atom is 0.161 e. The highest BCUT2D eigenvalue weighted by Gasteiger charge is 2.27. The maximum atomic E-state index is 6.00. The molecule has 5 nitrogen and oxygen atoms in total. The summed E-state index contributed by atoms with van der Waals surface area (Å²) in [7, 11) is 3.34. The van der Waals surface area contributed by atoms with Crippen molar-refractivity contribution in [2.75, 3.05) is 47.0 Å². The Kier molecular flexibility index (Phi) is 7.59. The normalized spacial score (nSPS) is 16.3. The summed E-state index contributed by atoms with van der Waals surface area (Å²) in [5, 5.41) is 3.50. The minimum atomic E-state index is 0.0683. The van der Waals surface area contributed by atoms with Gasteiger partial charge in [0.2, 0.25) is 0 Å². The van der Waals surface area contributed by atoms with Crippen LogP contribution in [0.15, 0.2) is 40.9 Å². The summed E-state index contributed by atoms with van der Waals surface area (Å²) in [6.45, 7) is 6.66. The third-order valence-electron chi connectivity index (χ3n) is 5.03. The summed E-state index contributed by atoms with van der Waals surface area (Å²) >= 11 is 3.65. The van der Waals surface area contributed by atoms with Crippen LogP contribution in [0.1, 0.15) is 30.5 Å². The zero-order chi connectivity index (χ0) is 19.9. The summed E-state index contributed by atoms with van der Waals surface area (Å²) in [5.74, 6) is 2.40. The molecule has 152 valence electrons. The van der Waals surface area contributed by atoms with Crippen molar-refractivity contribution in [3.63, 3.8) is 0 Å². The van der Waals surface area contributed by atoms with Crippen LogP contribution in [0.4, 0.5) is 0 Å². The van der Waals surface area contributed by atoms with Crippen molar-refractivity contribution in [1.82, 2.24) is 10.2 Å². The molecular weight excluding hydrogens is 420 g/mol. The minimum Gasteiger partial charge on any atom is -0.494 e. The van der Waals surface area contributed by atoms with E-state index in [1.54, 1.807) is 14.2 Å². The maximum absolute atomic E-state index is 6.00. The Morgan fingerprint density at radius 1 is 1.00 bits per heavy atom. The van der Waals surface area contributed by atoms with Gasteiger partial charge in [0, 0.05) is 29.7 Å². The lowest BCUT2D eigenvalue weighted by Crippen LogP contribution is -2.33. The number of ether oxygens (including phenoxy) is 3. The van der Waals surface area contributed by atoms with Crippen LogP contribution < -0.4 is 19.5 Å². The monoisotopic (exact) mass is 448 g/mol. The number of methoxy groups -OCH3 is 2. The number of hydrogen-bond acceptors (Lipinski definition) is 5. The lowest BCUT2D eigenvalue weighted by atomic mass is 9.95. The Morgan fingerprint density at radius 3 is 2.54 bits per heavy atom. The van der Waals surface area contributed by atoms with Crippen molar-refractivity contribution in [3.8, 4) is 17.2 Å². The third-order valence-corrected chi connectivity index (χ3v) is 5.52. The van der Waals surface area contributed by atoms with Crippen LogP contribution in [0.25, 0.3) is 0 Å². The molecule has 1 aliphatic rings. The Bertz CT molecular complexity index is 776. The topological polar surface area (TPSA) is 43.0 Å². The molecule has 1 heterocycles. The van der Waals surface area contributed by atoms with E-state index >= 15 is 0 Å². The fraction of sp³-hybridized carbons (Fsp3) is 0.455. The first kappa shape index (κ1) is 21.0. The third kappa shape index (κ3) is 4.80. The van der Waals surface area contributed by atoms with Crippen LogP contribution >= 0.6 is 15.9 Å². The van der Waals surface area contributed by atoms with Crippen molar-refractivity contribution < 1.29 is 14.2 Å². The van der Waals surface area contributed by atoms with Gasteiger partial charge in [-0.25, -0.2) is 0 Å². The van der Waals surface area contributed by atoms with E-state index in [0.717, 1.165) is 59.9 Å². The standard InChI is InChI=1S/C22H29BrN2O3/c1-4-28-19-9-7-17(23)15-18(19)22(25-12-5-10-24-11-13-25)16-6-8-20(26-2)21(14-16)27-3/h6-9,14-15,22,24H,4-5,10-13H2,1-3H3. The van der Waals surface area contributed by atoms with Crippen LogP contribution in [0.5, 0.6) is 17.2 Å². The van der Waals surface area contributed by atoms with Gasteiger partial charge in [-0.3, -0.25) is 4.90 Å². The first-order valence-corrected chi connectivity index (χ1v) is 10.6. The van der Waals surface area contributed by atoms with Crippen molar-refractivity contribution in [1.29, 1.82) is 0 Å². The van der Waals surface area contributed by atoms with E-state index in [4.69, 9.17) is 14.2 Å². The largest absolute Gasteiger partial charge is 0.494 e. The van der Waals surface area contributed by atoms with Crippen molar-refractivity contribution in [2.45, 2.75) is 19.4 Å². The highest BCUT2D eigenvalue weighted by Crippen LogP contribution is 2.39. The van der Waals surface area contributed by atoms with Gasteiger partial charge < -0.3 is 19.5 Å². The lowest BCUT2D eigenvalue weighted by molar-refractivity contribution is 0.232. The first-order valence-electron chi connectivity index (χ1n) is 9.76. The van der Waals surface area contributed by atoms with Crippen LogP contribution in [0.2, 0.25) is 0 Å². The van der Waals surface area contributed by atoms with Crippen molar-refractivity contribution >= 4 is 15.9 Å². The smallest absolute Gasteiger partial charge is 0.161 e. The van der Waals surface area contributed by atoms with Gasteiger partial charge in [-0.2, -0.15) is 0 Å². The minimum absolute atomic E-state index is 0.0683. The van der Waals surface area contributed by atoms with Gasteiger partial charge in [-0.15, -0.1) is 0 Å². The molecule has 3 rings (SSSR count). The fourth-order valence-corrected chi connectivity index (χ4v) is 4.13. The quantitative estimate of drug-likeness (QED) is 0.685. The van der Waals surface area contributed by atoms with Crippen molar-refractivity contribution in [3.05, 3.63) is 52.0 Å². The van der Waals surface area contributed by atoms with Gasteiger partial charge in [0.25, 0.3) is 0 Å². The summed E-state index contributed by atoms with van der Waals surface area (Å²) in [5.41, 5.74) is 2.32. The Labute approximate surface area is 176 Å². The molecule has 1 aliphatic heterocycles. The van der Waals surface area contributed by atoms with Crippen LogP contribution in [-0.4, -0.2) is 51.9 Å². The highest BCUT2D eigenvalue weighted by molar-refractivity contribution is 9.10. The Morgan fingerprint density at radius 2 is 1.79 bits per heavy atom. The molecule has 28 heavy (non-hydrogen) atoms. The second-order valence-electron chi connectivity index (χ2n) is 6.77. The van der Waals surface area contributed by atoms with E-state index < -0.39 is 0 Å². The molecule has 0 aliphatic carbocycles. The molecule has 1 N–H and O–H groups in total. The van der Waals surface area contributed by atoms with Gasteiger partial charge in [-0.05, 0) is 55.8 Å². The predicted octanol–water partition coefficient (Wildman–Crippen LogP) is 4.25. The van der Waals surface area contributed by atoms with Gasteiger partial charge in [0.15, 0.2) is 11.5 Å². The Hall–Kier alpha value is -1.76. The molecule has 2 aromatic rings. The predicted molar refractivity (Wildman–Crippen MR) is 116 cm³/mol. The van der Waals surface area contributed by atoms with E-state index in [1.165, 1.54) is 5.56 Å². The summed E-state index contributed by atoms with van der Waals surface area (Å²) in [4.78, 5) is 2.52. The van der Waals surface area contributed by atoms with Crippen molar-refractivity contribution in [2.24, 2.45) is 0 Å². The lowest BCUT2D eigenvalue weighted by Gasteiger charge is -2.32. The zero-order valence-corrected chi connectivity index (χ0v) is 18.4. The van der Waals surface area contributed by atoms with Gasteiger partial charge >= 0.3 is 0 Å². The zero-order valence-electron chi connectivity index (χ0n) is 16.8. The molecule has 0 bridgehead atoms. The van der Waals surface area contributed by atoms with Crippen LogP contribution in [0, 0.1) is 0 Å². The van der Waals surface area contributed by atoms with E-state index in [-0.39, 0.29) is 6.04 Å². The van der Waals surface area contributed by atoms with E-state index in [1.807, 2.05) is 25.1 Å². The molecule has 1 fully saturated rings. The molecule has 0 saturated carbocycles. The summed E-state index contributed by atoms with van der Waals surface area (Å²) in [6, 6.07) is 12.5. The number of benzene rings is 2. The van der Waals surface area contributed by atoms with Gasteiger partial charge in [0.1, 0.15) is 5.75 Å². The number of nitrogens with one attached hydrogen (secondary N) is 1. The van der Waals surface area contributed by atoms with E-state index in [9.17, 15) is 0 Å². The summed E-state index contributed by atoms with van der Waals surface area (Å²) in [6.07, 6.45) is 1.11. The molecule has 2 aromatic carbocycles. The van der Waals surface area contributed by atoms with E-state index in [0.29, 0.717) is 6.61 Å². The molecule has 0 spiro atoms. The second kappa shape index (κ2) is 10.1. The Balaban J connectivity index is 2.12. The van der Waals surface area contributed by atoms with Crippen LogP contribution in [-0.2, 0) is 0 Å². The molecule has 0 aromatic heterocycles. The number of halogens is 1. The average Bonchev–Trinajstić information content (AvgIpc) is 2.99. The molecule has 0 radical (unpaired) electrons. The second-order valence-corrected chi connectivity index (χ2v) is 7.69. The summed E-state index contributed by atoms with van der Waals surface area (Å²) < 4.78 is 18.1. The SMILES string of the molecule is CCOc1ccc(Br)cc1C(c1ccc(OC)c(OC)c1)N1CCCNCC1. The van der Waals surface area contributed by atoms with Gasteiger partial charge in [0.05, 0.1) is 26.9 Å². The van der Waals surface area contributed by atoms with E-state index in [2.05, 4.69) is 44.3 Å².